The zero-order chi connectivity index (χ0) is 21.0. The molecule has 1 atom stereocenters. The van der Waals surface area contributed by atoms with Crippen LogP contribution in [0.5, 0.6) is 17.2 Å². The van der Waals surface area contributed by atoms with Gasteiger partial charge < -0.3 is 23.8 Å². The number of esters is 1. The molecule has 2 aromatic carbocycles. The summed E-state index contributed by atoms with van der Waals surface area (Å²) in [7, 11) is 4.41. The molecule has 0 spiro atoms. The van der Waals surface area contributed by atoms with E-state index in [4.69, 9.17) is 18.9 Å². The number of methoxy groups -OCH3 is 3. The van der Waals surface area contributed by atoms with Crippen LogP contribution < -0.4 is 19.1 Å². The van der Waals surface area contributed by atoms with Crippen LogP contribution >= 0.6 is 0 Å². The summed E-state index contributed by atoms with van der Waals surface area (Å²) in [6.07, 6.45) is 1.79. The van der Waals surface area contributed by atoms with Crippen LogP contribution in [0.15, 0.2) is 36.4 Å². The fourth-order valence-corrected chi connectivity index (χ4v) is 3.55. The summed E-state index contributed by atoms with van der Waals surface area (Å²) < 4.78 is 21.1. The van der Waals surface area contributed by atoms with Crippen LogP contribution in [-0.2, 0) is 16.0 Å². The fourth-order valence-electron chi connectivity index (χ4n) is 3.55. The first kappa shape index (κ1) is 20.5. The molecule has 29 heavy (non-hydrogen) atoms. The van der Waals surface area contributed by atoms with Crippen LogP contribution in [0.3, 0.4) is 0 Å². The van der Waals surface area contributed by atoms with E-state index >= 15 is 0 Å². The van der Waals surface area contributed by atoms with Gasteiger partial charge in [-0.05, 0) is 43.5 Å². The predicted molar refractivity (Wildman–Crippen MR) is 108 cm³/mol. The van der Waals surface area contributed by atoms with Gasteiger partial charge in [0, 0.05) is 11.7 Å². The number of carbonyl (C=O) groups is 2. The first-order chi connectivity index (χ1) is 14.0. The lowest BCUT2D eigenvalue weighted by Crippen LogP contribution is -2.44. The molecule has 0 saturated carbocycles. The van der Waals surface area contributed by atoms with Crippen LogP contribution in [0.4, 0.5) is 5.69 Å². The monoisotopic (exact) mass is 399 g/mol. The number of rotatable bonds is 6. The van der Waals surface area contributed by atoms with E-state index in [1.807, 2.05) is 31.2 Å². The predicted octanol–water partition coefficient (Wildman–Crippen LogP) is 3.24. The van der Waals surface area contributed by atoms with Crippen LogP contribution in [-0.4, -0.2) is 45.9 Å². The Morgan fingerprint density at radius 2 is 1.69 bits per heavy atom. The highest BCUT2D eigenvalue weighted by Crippen LogP contribution is 2.38. The van der Waals surface area contributed by atoms with Crippen molar-refractivity contribution in [1.82, 2.24) is 0 Å². The second kappa shape index (κ2) is 8.86. The lowest BCUT2D eigenvalue weighted by Gasteiger charge is -2.35. The maximum atomic E-state index is 12.8. The Labute approximate surface area is 170 Å². The summed E-state index contributed by atoms with van der Waals surface area (Å²) in [5.41, 5.74) is 2.20. The molecule has 2 aromatic rings. The largest absolute Gasteiger partial charge is 0.493 e. The van der Waals surface area contributed by atoms with Gasteiger partial charge in [-0.1, -0.05) is 18.2 Å². The number of amides is 1. The SMILES string of the molecule is COc1cc(C(=O)OCC(=O)N2c3ccccc3CCC2C)cc(OC)c1OC. The molecule has 0 fully saturated rings. The fraction of sp³-hybridized carbons (Fsp3) is 0.364. The van der Waals surface area contributed by atoms with E-state index in [-0.39, 0.29) is 24.1 Å². The summed E-state index contributed by atoms with van der Waals surface area (Å²) in [4.78, 5) is 27.1. The van der Waals surface area contributed by atoms with Gasteiger partial charge in [-0.3, -0.25) is 4.79 Å². The Morgan fingerprint density at radius 3 is 2.31 bits per heavy atom. The molecule has 1 aliphatic heterocycles. The normalized spacial score (nSPS) is 15.3. The lowest BCUT2D eigenvalue weighted by molar-refractivity contribution is -0.122. The topological polar surface area (TPSA) is 74.3 Å². The highest BCUT2D eigenvalue weighted by Gasteiger charge is 2.29. The van der Waals surface area contributed by atoms with Crippen molar-refractivity contribution < 1.29 is 28.5 Å². The van der Waals surface area contributed by atoms with Crippen LogP contribution in [0.2, 0.25) is 0 Å². The molecule has 7 nitrogen and oxygen atoms in total. The molecular weight excluding hydrogens is 374 g/mol. The number of anilines is 1. The van der Waals surface area contributed by atoms with E-state index < -0.39 is 5.97 Å². The second-order valence-corrected chi connectivity index (χ2v) is 6.77. The number of hydrogen-bond acceptors (Lipinski definition) is 6. The summed E-state index contributed by atoms with van der Waals surface area (Å²) in [5.74, 6) is 0.148. The van der Waals surface area contributed by atoms with Gasteiger partial charge in [-0.25, -0.2) is 4.79 Å². The van der Waals surface area contributed by atoms with E-state index in [2.05, 4.69) is 0 Å². The molecular formula is C22H25NO6. The van der Waals surface area contributed by atoms with E-state index in [0.29, 0.717) is 17.2 Å². The molecule has 3 rings (SSSR count). The minimum absolute atomic E-state index is 0.0391. The van der Waals surface area contributed by atoms with E-state index in [0.717, 1.165) is 24.1 Å². The molecule has 0 bridgehead atoms. The van der Waals surface area contributed by atoms with Gasteiger partial charge in [-0.15, -0.1) is 0 Å². The summed E-state index contributed by atoms with van der Waals surface area (Å²) in [5, 5.41) is 0. The van der Waals surface area contributed by atoms with Crippen LogP contribution in [0.1, 0.15) is 29.3 Å². The van der Waals surface area contributed by atoms with Crippen molar-refractivity contribution in [2.75, 3.05) is 32.8 Å². The van der Waals surface area contributed by atoms with Gasteiger partial charge in [0.25, 0.3) is 5.91 Å². The van der Waals surface area contributed by atoms with Crippen LogP contribution in [0, 0.1) is 0 Å². The third-order valence-corrected chi connectivity index (χ3v) is 5.02. The van der Waals surface area contributed by atoms with Crippen molar-refractivity contribution in [2.45, 2.75) is 25.8 Å². The first-order valence-corrected chi connectivity index (χ1v) is 9.37. The van der Waals surface area contributed by atoms with Gasteiger partial charge in [0.2, 0.25) is 5.75 Å². The Morgan fingerprint density at radius 1 is 1.03 bits per heavy atom. The molecule has 0 saturated heterocycles. The first-order valence-electron chi connectivity index (χ1n) is 9.37. The molecule has 7 heteroatoms. The molecule has 1 heterocycles. The quantitative estimate of drug-likeness (QED) is 0.695. The maximum absolute atomic E-state index is 12.8. The van der Waals surface area contributed by atoms with Crippen molar-refractivity contribution in [3.8, 4) is 17.2 Å². The Kier molecular flexibility index (Phi) is 6.26. The van der Waals surface area contributed by atoms with Gasteiger partial charge in [0.1, 0.15) is 0 Å². The van der Waals surface area contributed by atoms with Crippen molar-refractivity contribution in [3.05, 3.63) is 47.5 Å². The molecule has 1 amide bonds. The van der Waals surface area contributed by atoms with Crippen molar-refractivity contribution >= 4 is 17.6 Å². The third-order valence-electron chi connectivity index (χ3n) is 5.02. The summed E-state index contributed by atoms with van der Waals surface area (Å²) in [6.45, 7) is 1.64. The molecule has 0 N–H and O–H groups in total. The van der Waals surface area contributed by atoms with Crippen LogP contribution in [0.25, 0.3) is 0 Å². The summed E-state index contributed by atoms with van der Waals surface area (Å²) >= 11 is 0. The standard InChI is InChI=1S/C22H25NO6/c1-14-9-10-15-7-5-6-8-17(15)23(14)20(24)13-29-22(25)16-11-18(26-2)21(28-4)19(12-16)27-3/h5-8,11-12,14H,9-10,13H2,1-4H3. The van der Waals surface area contributed by atoms with Gasteiger partial charge in [0.05, 0.1) is 26.9 Å². The maximum Gasteiger partial charge on any atom is 0.338 e. The number of hydrogen-bond donors (Lipinski definition) is 0. The highest BCUT2D eigenvalue weighted by atomic mass is 16.5. The van der Waals surface area contributed by atoms with Crippen molar-refractivity contribution in [1.29, 1.82) is 0 Å². The zero-order valence-electron chi connectivity index (χ0n) is 17.1. The molecule has 0 radical (unpaired) electrons. The number of aryl methyl sites for hydroxylation is 1. The van der Waals surface area contributed by atoms with Gasteiger partial charge in [-0.2, -0.15) is 0 Å². The summed E-state index contributed by atoms with van der Waals surface area (Å²) in [6, 6.07) is 10.8. The smallest absolute Gasteiger partial charge is 0.338 e. The van der Waals surface area contributed by atoms with Gasteiger partial charge >= 0.3 is 5.97 Å². The highest BCUT2D eigenvalue weighted by molar-refractivity contribution is 5.98. The number of benzene rings is 2. The minimum Gasteiger partial charge on any atom is -0.493 e. The second-order valence-electron chi connectivity index (χ2n) is 6.77. The zero-order valence-corrected chi connectivity index (χ0v) is 17.1. The molecule has 1 unspecified atom stereocenters. The minimum atomic E-state index is -0.643. The number of fused-ring (bicyclic) bond motifs is 1. The number of nitrogens with zero attached hydrogens (tertiary/aromatic N) is 1. The molecule has 1 aliphatic rings. The lowest BCUT2D eigenvalue weighted by atomic mass is 9.96. The number of para-hydroxylation sites is 1. The number of carbonyl (C=O) groups excluding carboxylic acids is 2. The average molecular weight is 399 g/mol. The Bertz CT molecular complexity index is 885. The van der Waals surface area contributed by atoms with E-state index in [9.17, 15) is 9.59 Å². The van der Waals surface area contributed by atoms with Crippen molar-refractivity contribution in [3.63, 3.8) is 0 Å². The van der Waals surface area contributed by atoms with E-state index in [1.165, 1.54) is 33.5 Å². The number of ether oxygens (including phenoxy) is 4. The molecule has 154 valence electrons. The van der Waals surface area contributed by atoms with Crippen molar-refractivity contribution in [2.24, 2.45) is 0 Å². The van der Waals surface area contributed by atoms with E-state index in [1.54, 1.807) is 4.90 Å². The average Bonchev–Trinajstić information content (AvgIpc) is 2.75. The Hall–Kier alpha value is -3.22. The third kappa shape index (κ3) is 4.13. The van der Waals surface area contributed by atoms with Gasteiger partial charge in [0.15, 0.2) is 18.1 Å². The Balaban J connectivity index is 1.75. The molecule has 0 aliphatic carbocycles. The molecule has 0 aromatic heterocycles.